The summed E-state index contributed by atoms with van der Waals surface area (Å²) in [5.74, 6) is 2.02. The van der Waals surface area contributed by atoms with Crippen molar-refractivity contribution in [2.24, 2.45) is 5.92 Å². The molecule has 2 aliphatic heterocycles. The van der Waals surface area contributed by atoms with Gasteiger partial charge < -0.3 is 15.4 Å². The monoisotopic (exact) mass is 377 g/mol. The van der Waals surface area contributed by atoms with Crippen LogP contribution in [0.2, 0.25) is 0 Å². The van der Waals surface area contributed by atoms with Crippen molar-refractivity contribution in [1.82, 2.24) is 20.6 Å². The Bertz CT molecular complexity index is 599. The number of aromatic nitrogens is 2. The summed E-state index contributed by atoms with van der Waals surface area (Å²) < 4.78 is 5.42. The van der Waals surface area contributed by atoms with Crippen molar-refractivity contribution in [1.29, 1.82) is 0 Å². The molecule has 7 nitrogen and oxygen atoms in total. The lowest BCUT2D eigenvalue weighted by atomic mass is 9.79. The number of ether oxygens (including phenoxy) is 1. The highest BCUT2D eigenvalue weighted by molar-refractivity contribution is 7.99. The van der Waals surface area contributed by atoms with E-state index in [2.05, 4.69) is 25.9 Å². The van der Waals surface area contributed by atoms with Crippen molar-refractivity contribution in [2.75, 3.05) is 24.3 Å². The molecule has 142 valence electrons. The first kappa shape index (κ1) is 18.0. The van der Waals surface area contributed by atoms with E-state index in [1.807, 2.05) is 11.8 Å². The Balaban J connectivity index is 1.30. The first-order chi connectivity index (χ1) is 12.8. The maximum atomic E-state index is 12.5. The largest absolute Gasteiger partial charge is 0.381 e. The van der Waals surface area contributed by atoms with Crippen LogP contribution in [0.5, 0.6) is 0 Å². The molecule has 4 unspecified atom stereocenters. The van der Waals surface area contributed by atoms with Crippen LogP contribution in [0.3, 0.4) is 0 Å². The normalized spacial score (nSPS) is 32.5. The van der Waals surface area contributed by atoms with Gasteiger partial charge in [0.1, 0.15) is 5.82 Å². The van der Waals surface area contributed by atoms with Crippen LogP contribution in [-0.2, 0) is 9.53 Å². The van der Waals surface area contributed by atoms with Gasteiger partial charge in [0.15, 0.2) is 0 Å². The summed E-state index contributed by atoms with van der Waals surface area (Å²) in [6.07, 6.45) is 10.2. The van der Waals surface area contributed by atoms with E-state index in [0.717, 1.165) is 56.9 Å². The number of hydrogen-bond acceptors (Lipinski definition) is 7. The molecule has 3 fully saturated rings. The molecule has 4 atom stereocenters. The number of nitrogens with zero attached hydrogens (tertiary/aromatic N) is 2. The van der Waals surface area contributed by atoms with Crippen LogP contribution < -0.4 is 16.0 Å². The van der Waals surface area contributed by atoms with Crippen molar-refractivity contribution >= 4 is 23.5 Å². The molecule has 0 spiro atoms. The van der Waals surface area contributed by atoms with E-state index >= 15 is 0 Å². The van der Waals surface area contributed by atoms with E-state index in [1.54, 1.807) is 18.6 Å². The maximum absolute atomic E-state index is 12.5. The van der Waals surface area contributed by atoms with Gasteiger partial charge in [0, 0.05) is 48.7 Å². The second kappa shape index (κ2) is 8.54. The number of rotatable bonds is 5. The molecule has 3 heterocycles. The lowest BCUT2D eigenvalue weighted by molar-refractivity contribution is -0.130. The smallest absolute Gasteiger partial charge is 0.225 e. The minimum atomic E-state index is 0.0619. The lowest BCUT2D eigenvalue weighted by Gasteiger charge is -2.43. The minimum Gasteiger partial charge on any atom is -0.381 e. The summed E-state index contributed by atoms with van der Waals surface area (Å²) in [5.41, 5.74) is 0. The molecule has 3 N–H and O–H groups in total. The van der Waals surface area contributed by atoms with Crippen LogP contribution in [0, 0.1) is 5.92 Å². The summed E-state index contributed by atoms with van der Waals surface area (Å²) in [6.45, 7) is 1.73. The summed E-state index contributed by atoms with van der Waals surface area (Å²) in [6, 6.07) is 0.558. The van der Waals surface area contributed by atoms with Crippen molar-refractivity contribution in [3.05, 3.63) is 18.6 Å². The van der Waals surface area contributed by atoms with Crippen LogP contribution >= 0.6 is 11.8 Å². The van der Waals surface area contributed by atoms with E-state index < -0.39 is 0 Å². The molecule has 0 aromatic carbocycles. The van der Waals surface area contributed by atoms with Gasteiger partial charge in [-0.1, -0.05) is 0 Å². The zero-order valence-electron chi connectivity index (χ0n) is 14.9. The Morgan fingerprint density at radius 2 is 2.12 bits per heavy atom. The highest BCUT2D eigenvalue weighted by atomic mass is 32.2. The number of carbonyl (C=O) groups excluding carboxylic acids is 1. The fourth-order valence-electron chi connectivity index (χ4n) is 4.13. The fourth-order valence-corrected chi connectivity index (χ4v) is 5.30. The minimum absolute atomic E-state index is 0.0619. The van der Waals surface area contributed by atoms with Crippen molar-refractivity contribution < 1.29 is 9.53 Å². The molecule has 2 saturated heterocycles. The van der Waals surface area contributed by atoms with Gasteiger partial charge in [-0.25, -0.2) is 4.98 Å². The van der Waals surface area contributed by atoms with E-state index in [-0.39, 0.29) is 24.0 Å². The van der Waals surface area contributed by atoms with Crippen LogP contribution in [0.4, 0.5) is 5.82 Å². The Labute approximate surface area is 158 Å². The predicted molar refractivity (Wildman–Crippen MR) is 102 cm³/mol. The van der Waals surface area contributed by atoms with Crippen molar-refractivity contribution in [3.8, 4) is 0 Å². The molecule has 1 saturated carbocycles. The average Bonchev–Trinajstić information content (AvgIpc) is 2.68. The number of thioether (sulfide) groups is 1. The third-order valence-corrected chi connectivity index (χ3v) is 6.97. The lowest BCUT2D eigenvalue weighted by Crippen LogP contribution is -2.64. The molecule has 1 amide bonds. The highest BCUT2D eigenvalue weighted by Crippen LogP contribution is 2.30. The number of anilines is 1. The number of nitrogens with one attached hydrogen (secondary N) is 3. The number of amides is 1. The van der Waals surface area contributed by atoms with Crippen molar-refractivity contribution in [2.45, 2.75) is 55.6 Å². The van der Waals surface area contributed by atoms with Gasteiger partial charge in [0.25, 0.3) is 0 Å². The molecule has 3 aliphatic rings. The molecule has 1 aromatic rings. The second-order valence-electron chi connectivity index (χ2n) is 7.33. The molecular weight excluding hydrogens is 350 g/mol. The van der Waals surface area contributed by atoms with E-state index in [9.17, 15) is 4.79 Å². The molecule has 4 rings (SSSR count). The van der Waals surface area contributed by atoms with E-state index in [1.165, 1.54) is 0 Å². The van der Waals surface area contributed by atoms with E-state index in [0.29, 0.717) is 11.3 Å². The zero-order valence-corrected chi connectivity index (χ0v) is 15.7. The first-order valence-corrected chi connectivity index (χ1v) is 10.6. The average molecular weight is 378 g/mol. The van der Waals surface area contributed by atoms with Crippen LogP contribution in [-0.4, -0.2) is 58.3 Å². The Morgan fingerprint density at radius 1 is 1.23 bits per heavy atom. The topological polar surface area (TPSA) is 88.2 Å². The van der Waals surface area contributed by atoms with Crippen LogP contribution in [0.15, 0.2) is 18.6 Å². The summed E-state index contributed by atoms with van der Waals surface area (Å²) >= 11 is 1.96. The van der Waals surface area contributed by atoms with Gasteiger partial charge in [-0.15, -0.1) is 0 Å². The number of fused-ring (bicyclic) bond motifs is 1. The maximum Gasteiger partial charge on any atom is 0.225 e. The molecule has 1 aliphatic carbocycles. The summed E-state index contributed by atoms with van der Waals surface area (Å²) in [7, 11) is 0. The molecule has 26 heavy (non-hydrogen) atoms. The second-order valence-corrected chi connectivity index (χ2v) is 8.66. The van der Waals surface area contributed by atoms with Gasteiger partial charge in [0.2, 0.25) is 5.91 Å². The number of hydrogen-bond donors (Lipinski definition) is 3. The molecule has 1 aromatic heterocycles. The number of carbonyl (C=O) groups is 1. The Kier molecular flexibility index (Phi) is 5.91. The van der Waals surface area contributed by atoms with Crippen LogP contribution in [0.1, 0.15) is 32.1 Å². The quantitative estimate of drug-likeness (QED) is 0.714. The predicted octanol–water partition coefficient (Wildman–Crippen LogP) is 1.38. The van der Waals surface area contributed by atoms with Crippen LogP contribution in [0.25, 0.3) is 0 Å². The Hall–Kier alpha value is -1.38. The third kappa shape index (κ3) is 4.47. The fraction of sp³-hybridized carbons (Fsp3) is 0.722. The molecule has 0 radical (unpaired) electrons. The highest BCUT2D eigenvalue weighted by Gasteiger charge is 2.40. The standard InChI is InChI=1S/C18H27N5O2S/c24-18-14-2-1-12(21-16-10-19-5-6-20-16)9-15(14)22-17(23-18)11-26-13-3-7-25-8-4-13/h5-6,10,12-15,17,22H,1-4,7-9,11H2,(H,20,21)(H,23,24). The van der Waals surface area contributed by atoms with Gasteiger partial charge in [-0.05, 0) is 32.1 Å². The van der Waals surface area contributed by atoms with Gasteiger partial charge >= 0.3 is 0 Å². The molecule has 8 heteroatoms. The third-order valence-electron chi connectivity index (χ3n) is 5.50. The Morgan fingerprint density at radius 3 is 2.92 bits per heavy atom. The first-order valence-electron chi connectivity index (χ1n) is 9.56. The van der Waals surface area contributed by atoms with Gasteiger partial charge in [-0.2, -0.15) is 11.8 Å². The van der Waals surface area contributed by atoms with E-state index in [4.69, 9.17) is 4.74 Å². The summed E-state index contributed by atoms with van der Waals surface area (Å²) in [5, 5.41) is 11.0. The molecular formula is C18H27N5O2S. The van der Waals surface area contributed by atoms with Gasteiger partial charge in [0.05, 0.1) is 18.3 Å². The van der Waals surface area contributed by atoms with Crippen molar-refractivity contribution in [3.63, 3.8) is 0 Å². The summed E-state index contributed by atoms with van der Waals surface area (Å²) in [4.78, 5) is 20.9. The van der Waals surface area contributed by atoms with Gasteiger partial charge in [-0.3, -0.25) is 15.1 Å². The SMILES string of the molecule is O=C1NC(CSC2CCOCC2)NC2CC(Nc3cnccn3)CCC12. The zero-order chi connectivity index (χ0) is 17.8. The molecule has 0 bridgehead atoms.